The van der Waals surface area contributed by atoms with Crippen molar-refractivity contribution in [2.75, 3.05) is 0 Å². The van der Waals surface area contributed by atoms with Crippen LogP contribution in [0.25, 0.3) is 0 Å². The Balaban J connectivity index is 2.24. The minimum atomic E-state index is -1.39. The van der Waals surface area contributed by atoms with Crippen LogP contribution in [0.15, 0.2) is 60.7 Å². The lowest BCUT2D eigenvalue weighted by molar-refractivity contribution is -0.142. The summed E-state index contributed by atoms with van der Waals surface area (Å²) >= 11 is 0. The van der Waals surface area contributed by atoms with Gasteiger partial charge in [-0.3, -0.25) is 24.0 Å². The van der Waals surface area contributed by atoms with Gasteiger partial charge in [-0.05, 0) is 24.0 Å². The molecule has 2 aromatic carbocycles. The number of amides is 4. The average Bonchev–Trinajstić information content (AvgIpc) is 2.93. The lowest BCUT2D eigenvalue weighted by Crippen LogP contribution is -2.58. The van der Waals surface area contributed by atoms with E-state index in [-0.39, 0.29) is 32.1 Å². The van der Waals surface area contributed by atoms with E-state index in [2.05, 4.69) is 16.0 Å². The van der Waals surface area contributed by atoms with Gasteiger partial charge in [-0.2, -0.15) is 0 Å². The maximum absolute atomic E-state index is 13.3. The molecular weight excluding hydrogens is 534 g/mol. The molecule has 0 saturated heterocycles. The highest BCUT2D eigenvalue weighted by Crippen LogP contribution is 2.09. The predicted octanol–water partition coefficient (Wildman–Crippen LogP) is -0.532. The van der Waals surface area contributed by atoms with Crippen molar-refractivity contribution < 1.29 is 39.0 Å². The molecule has 0 aromatic heterocycles. The first-order valence-electron chi connectivity index (χ1n) is 12.9. The summed E-state index contributed by atoms with van der Waals surface area (Å²) < 4.78 is 0. The number of aliphatic carboxylic acids is 2. The third kappa shape index (κ3) is 11.9. The van der Waals surface area contributed by atoms with Crippen molar-refractivity contribution in [1.82, 2.24) is 16.0 Å². The monoisotopic (exact) mass is 569 g/mol. The molecule has 0 aliphatic heterocycles. The van der Waals surface area contributed by atoms with Crippen molar-refractivity contribution in [3.8, 4) is 0 Å². The molecular formula is C28H35N5O8. The van der Waals surface area contributed by atoms with Crippen molar-refractivity contribution in [2.24, 2.45) is 11.5 Å². The van der Waals surface area contributed by atoms with Crippen LogP contribution in [0.1, 0.15) is 36.8 Å². The zero-order valence-electron chi connectivity index (χ0n) is 22.3. The number of primary amides is 1. The number of hydrogen-bond donors (Lipinski definition) is 7. The summed E-state index contributed by atoms with van der Waals surface area (Å²) in [4.78, 5) is 73.3. The Morgan fingerprint density at radius 1 is 0.634 bits per heavy atom. The van der Waals surface area contributed by atoms with Gasteiger partial charge in [-0.25, -0.2) is 4.79 Å². The van der Waals surface area contributed by atoms with E-state index in [1.54, 1.807) is 60.7 Å². The van der Waals surface area contributed by atoms with Gasteiger partial charge in [0.2, 0.25) is 23.6 Å². The van der Waals surface area contributed by atoms with Crippen molar-refractivity contribution in [2.45, 2.75) is 62.7 Å². The highest BCUT2D eigenvalue weighted by atomic mass is 16.4. The maximum atomic E-state index is 13.3. The Morgan fingerprint density at radius 2 is 1.10 bits per heavy atom. The van der Waals surface area contributed by atoms with Crippen LogP contribution in [0.3, 0.4) is 0 Å². The number of carbonyl (C=O) groups is 6. The summed E-state index contributed by atoms with van der Waals surface area (Å²) in [5, 5.41) is 26.2. The standard InChI is InChI=1S/C28H35N5O8/c29-19(11-13-23(30)34)25(37)31-20(12-14-24(35)36)26(38)32-21(15-17-7-3-1-4-8-17)27(39)33-22(28(40)41)16-18-9-5-2-6-10-18/h1-10,19-22H,11-16,29H2,(H2,30,34)(H,31,37)(H,32,38)(H,33,39)(H,35,36)(H,40,41). The van der Waals surface area contributed by atoms with Crippen LogP contribution in [0.5, 0.6) is 0 Å². The Hall–Kier alpha value is -4.78. The van der Waals surface area contributed by atoms with E-state index in [4.69, 9.17) is 16.6 Å². The van der Waals surface area contributed by atoms with Gasteiger partial charge in [0.05, 0.1) is 6.04 Å². The molecule has 9 N–H and O–H groups in total. The molecule has 0 radical (unpaired) electrons. The summed E-state index contributed by atoms with van der Waals surface area (Å²) in [6.07, 6.45) is -1.09. The number of carboxylic acid groups (broad SMARTS) is 2. The fraction of sp³-hybridized carbons (Fsp3) is 0.357. The van der Waals surface area contributed by atoms with Crippen molar-refractivity contribution >= 4 is 35.6 Å². The second kappa shape index (κ2) is 16.4. The normalized spacial score (nSPS) is 13.6. The Bertz CT molecular complexity index is 1210. The van der Waals surface area contributed by atoms with Crippen molar-refractivity contribution in [1.29, 1.82) is 0 Å². The Labute approximate surface area is 236 Å². The van der Waals surface area contributed by atoms with Crippen LogP contribution in [-0.4, -0.2) is 69.9 Å². The molecule has 0 bridgehead atoms. The fourth-order valence-electron chi connectivity index (χ4n) is 3.90. The molecule has 0 heterocycles. The van der Waals surface area contributed by atoms with Gasteiger partial charge >= 0.3 is 11.9 Å². The van der Waals surface area contributed by atoms with Crippen molar-refractivity contribution in [3.63, 3.8) is 0 Å². The van der Waals surface area contributed by atoms with E-state index >= 15 is 0 Å². The van der Waals surface area contributed by atoms with Crippen LogP contribution >= 0.6 is 0 Å². The summed E-state index contributed by atoms with van der Waals surface area (Å²) in [5.41, 5.74) is 12.2. The molecule has 0 saturated carbocycles. The quantitative estimate of drug-likeness (QED) is 0.130. The topological polar surface area (TPSA) is 231 Å². The number of benzene rings is 2. The molecule has 4 amide bonds. The molecule has 13 heteroatoms. The zero-order valence-corrected chi connectivity index (χ0v) is 22.3. The second-order valence-corrected chi connectivity index (χ2v) is 9.45. The highest BCUT2D eigenvalue weighted by molar-refractivity contribution is 5.94. The van der Waals surface area contributed by atoms with Gasteiger partial charge in [-0.15, -0.1) is 0 Å². The lowest BCUT2D eigenvalue weighted by Gasteiger charge is -2.25. The average molecular weight is 570 g/mol. The molecule has 4 atom stereocenters. The molecule has 13 nitrogen and oxygen atoms in total. The van der Waals surface area contributed by atoms with E-state index in [0.717, 1.165) is 0 Å². The number of hydrogen-bond acceptors (Lipinski definition) is 7. The first-order chi connectivity index (χ1) is 19.5. The van der Waals surface area contributed by atoms with E-state index in [0.29, 0.717) is 11.1 Å². The van der Waals surface area contributed by atoms with Crippen LogP contribution in [0.2, 0.25) is 0 Å². The van der Waals surface area contributed by atoms with Gasteiger partial charge in [0.25, 0.3) is 0 Å². The van der Waals surface area contributed by atoms with Gasteiger partial charge in [0, 0.05) is 25.7 Å². The highest BCUT2D eigenvalue weighted by Gasteiger charge is 2.31. The second-order valence-electron chi connectivity index (χ2n) is 9.45. The van der Waals surface area contributed by atoms with E-state index in [1.165, 1.54) is 0 Å². The molecule has 0 aliphatic rings. The van der Waals surface area contributed by atoms with Gasteiger partial charge in [0.1, 0.15) is 18.1 Å². The van der Waals surface area contributed by atoms with E-state index in [1.807, 2.05) is 0 Å². The molecule has 220 valence electrons. The first-order valence-corrected chi connectivity index (χ1v) is 12.9. The smallest absolute Gasteiger partial charge is 0.326 e. The number of nitrogens with one attached hydrogen (secondary N) is 3. The van der Waals surface area contributed by atoms with Gasteiger partial charge in [-0.1, -0.05) is 60.7 Å². The van der Waals surface area contributed by atoms with Crippen LogP contribution in [0.4, 0.5) is 0 Å². The van der Waals surface area contributed by atoms with Crippen molar-refractivity contribution in [3.05, 3.63) is 71.8 Å². The van der Waals surface area contributed by atoms with Crippen LogP contribution in [0, 0.1) is 0 Å². The minimum Gasteiger partial charge on any atom is -0.481 e. The van der Waals surface area contributed by atoms with Gasteiger partial charge in [0.15, 0.2) is 0 Å². The summed E-state index contributed by atoms with van der Waals surface area (Å²) in [5.74, 6) is -5.63. The molecule has 4 unspecified atom stereocenters. The predicted molar refractivity (Wildman–Crippen MR) is 147 cm³/mol. The largest absolute Gasteiger partial charge is 0.481 e. The summed E-state index contributed by atoms with van der Waals surface area (Å²) in [7, 11) is 0. The number of carbonyl (C=O) groups excluding carboxylic acids is 4. The Morgan fingerprint density at radius 3 is 1.59 bits per heavy atom. The Kier molecular flexibility index (Phi) is 12.9. The first kappa shape index (κ1) is 32.4. The number of rotatable bonds is 17. The number of nitrogens with two attached hydrogens (primary N) is 2. The summed E-state index contributed by atoms with van der Waals surface area (Å²) in [6.45, 7) is 0. The molecule has 0 fully saturated rings. The fourth-order valence-corrected chi connectivity index (χ4v) is 3.90. The van der Waals surface area contributed by atoms with Crippen LogP contribution < -0.4 is 27.4 Å². The van der Waals surface area contributed by atoms with E-state index in [9.17, 15) is 33.9 Å². The minimum absolute atomic E-state index is 0.00555. The zero-order chi connectivity index (χ0) is 30.4. The van der Waals surface area contributed by atoms with Gasteiger partial charge < -0.3 is 37.6 Å². The SMILES string of the molecule is NC(=O)CCC(N)C(=O)NC(CCC(=O)O)C(=O)NC(Cc1ccccc1)C(=O)NC(Cc1ccccc1)C(=O)O. The molecule has 0 aliphatic carbocycles. The summed E-state index contributed by atoms with van der Waals surface area (Å²) in [6, 6.07) is 12.2. The molecule has 2 rings (SSSR count). The maximum Gasteiger partial charge on any atom is 0.326 e. The molecule has 41 heavy (non-hydrogen) atoms. The molecule has 0 spiro atoms. The molecule has 2 aromatic rings. The third-order valence-electron chi connectivity index (χ3n) is 6.13. The number of carboxylic acids is 2. The lowest BCUT2D eigenvalue weighted by atomic mass is 10.0. The third-order valence-corrected chi connectivity index (χ3v) is 6.13. The van der Waals surface area contributed by atoms with Crippen LogP contribution in [-0.2, 0) is 41.6 Å². The van der Waals surface area contributed by atoms with E-state index < -0.39 is 66.2 Å².